The molecule has 0 aliphatic rings. The summed E-state index contributed by atoms with van der Waals surface area (Å²) < 4.78 is 22.8. The first-order chi connectivity index (χ1) is 14.5. The Bertz CT molecular complexity index is 1200. The highest BCUT2D eigenvalue weighted by Gasteiger charge is 2.16. The summed E-state index contributed by atoms with van der Waals surface area (Å²) in [6.45, 7) is 1.38. The zero-order valence-electron chi connectivity index (χ0n) is 16.7. The number of pyridine rings is 1. The van der Waals surface area contributed by atoms with Gasteiger partial charge in [0.05, 0.1) is 33.6 Å². The van der Waals surface area contributed by atoms with Gasteiger partial charge in [-0.25, -0.2) is 9.37 Å². The Balaban J connectivity index is 1.66. The molecule has 3 aromatic heterocycles. The maximum Gasteiger partial charge on any atom is 0.186 e. The van der Waals surface area contributed by atoms with Crippen molar-refractivity contribution in [2.45, 2.75) is 6.54 Å². The molecule has 154 valence electrons. The number of fused-ring (bicyclic) bond motifs is 1. The van der Waals surface area contributed by atoms with Crippen molar-refractivity contribution in [3.8, 4) is 22.2 Å². The number of thiophene rings is 1. The third-order valence-electron chi connectivity index (χ3n) is 4.77. The Morgan fingerprint density at radius 1 is 1.27 bits per heavy atom. The molecule has 0 aliphatic heterocycles. The number of halogens is 1. The van der Waals surface area contributed by atoms with Gasteiger partial charge in [0.25, 0.3) is 0 Å². The molecule has 0 unspecified atom stereocenters. The summed E-state index contributed by atoms with van der Waals surface area (Å²) in [5.74, 6) is 0.933. The third-order valence-corrected chi connectivity index (χ3v) is 5.90. The van der Waals surface area contributed by atoms with Crippen LogP contribution in [0.4, 0.5) is 10.1 Å². The molecule has 1 aromatic carbocycles. The molecule has 7 nitrogen and oxygen atoms in total. The van der Waals surface area contributed by atoms with Crippen LogP contribution in [0, 0.1) is 5.82 Å². The van der Waals surface area contributed by atoms with E-state index in [1.165, 1.54) is 23.5 Å². The molecule has 0 saturated heterocycles. The molecule has 30 heavy (non-hydrogen) atoms. The fraction of sp³-hybridized carbons (Fsp3) is 0.200. The molecule has 0 saturated carbocycles. The summed E-state index contributed by atoms with van der Waals surface area (Å²) in [5.41, 5.74) is 7.74. The summed E-state index contributed by atoms with van der Waals surface area (Å²) >= 11 is 1.49. The Hall–Kier alpha value is -2.95. The van der Waals surface area contributed by atoms with Crippen molar-refractivity contribution in [2.75, 3.05) is 18.9 Å². The number of aliphatic hydroxyl groups excluding tert-OH is 1. The van der Waals surface area contributed by atoms with E-state index in [0.29, 0.717) is 24.5 Å². The average molecular weight is 425 g/mol. The van der Waals surface area contributed by atoms with Crippen LogP contribution in [0.15, 0.2) is 42.7 Å². The van der Waals surface area contributed by atoms with Crippen molar-refractivity contribution in [3.63, 3.8) is 0 Å². The molecule has 4 rings (SSSR count). The predicted octanol–water partition coefficient (Wildman–Crippen LogP) is 2.55. The second kappa shape index (κ2) is 8.43. The first-order valence-corrected chi connectivity index (χ1v) is 10.2. The molecule has 0 amide bonds. The van der Waals surface area contributed by atoms with E-state index >= 15 is 0 Å². The van der Waals surface area contributed by atoms with Crippen LogP contribution < -0.4 is 10.5 Å². The molecule has 0 atom stereocenters. The summed E-state index contributed by atoms with van der Waals surface area (Å²) in [7, 11) is 3.91. The van der Waals surface area contributed by atoms with Crippen LogP contribution in [0.3, 0.4) is 0 Å². The SMILES string of the molecule is BN(CCO)Cc1cnc(-c2cc3nccc(Oc4ccc(N)cc4F)c3s2)n1C. The molecule has 4 aromatic rings. The molecule has 3 heterocycles. The number of imidazole rings is 1. The molecular weight excluding hydrogens is 404 g/mol. The van der Waals surface area contributed by atoms with E-state index in [1.54, 1.807) is 18.3 Å². The van der Waals surface area contributed by atoms with Crippen LogP contribution >= 0.6 is 11.3 Å². The molecule has 0 fully saturated rings. The lowest BCUT2D eigenvalue weighted by Crippen LogP contribution is -2.24. The van der Waals surface area contributed by atoms with Gasteiger partial charge in [-0.2, -0.15) is 0 Å². The number of hydrogen-bond donors (Lipinski definition) is 2. The zero-order valence-corrected chi connectivity index (χ0v) is 17.5. The number of aliphatic hydroxyl groups is 1. The standard InChI is InChI=1S/C20H21BFN5O2S/c1-26-13(11-27(21)6-7-28)10-25-20(26)18-9-15-19(30-18)17(4-5-24-15)29-16-3-2-12(23)8-14(16)22/h2-5,8-10,28H,6-7,11,21,23H2,1H3. The van der Waals surface area contributed by atoms with Gasteiger partial charge in [-0.1, -0.05) is 0 Å². The molecule has 3 N–H and O–H groups in total. The molecular formula is C20H21BFN5O2S. The maximum absolute atomic E-state index is 14.2. The molecule has 0 bridgehead atoms. The lowest BCUT2D eigenvalue weighted by atomic mass is 10.2. The van der Waals surface area contributed by atoms with E-state index in [2.05, 4.69) is 9.97 Å². The van der Waals surface area contributed by atoms with Gasteiger partial charge in [-0.15, -0.1) is 11.3 Å². The first kappa shape index (κ1) is 20.3. The summed E-state index contributed by atoms with van der Waals surface area (Å²) in [4.78, 5) is 12.0. The minimum Gasteiger partial charge on any atom is -0.453 e. The zero-order chi connectivity index (χ0) is 21.3. The smallest absolute Gasteiger partial charge is 0.186 e. The molecule has 0 aliphatic carbocycles. The van der Waals surface area contributed by atoms with Crippen molar-refractivity contribution >= 4 is 35.2 Å². The summed E-state index contributed by atoms with van der Waals surface area (Å²) in [5, 5.41) is 9.10. The van der Waals surface area contributed by atoms with Crippen LogP contribution in [0.2, 0.25) is 0 Å². The highest BCUT2D eigenvalue weighted by atomic mass is 32.1. The van der Waals surface area contributed by atoms with Crippen molar-refractivity contribution in [1.82, 2.24) is 19.3 Å². The van der Waals surface area contributed by atoms with Crippen molar-refractivity contribution < 1.29 is 14.2 Å². The van der Waals surface area contributed by atoms with Gasteiger partial charge >= 0.3 is 0 Å². The highest BCUT2D eigenvalue weighted by molar-refractivity contribution is 7.22. The molecule has 10 heteroatoms. The first-order valence-electron chi connectivity index (χ1n) is 9.38. The number of nitrogens with zero attached hydrogens (tertiary/aromatic N) is 4. The number of rotatable bonds is 7. The number of aromatic nitrogens is 3. The summed E-state index contributed by atoms with van der Waals surface area (Å²) in [6, 6.07) is 8.01. The van der Waals surface area contributed by atoms with Crippen LogP contribution in [0.5, 0.6) is 11.5 Å². The van der Waals surface area contributed by atoms with Gasteiger partial charge in [0, 0.05) is 44.2 Å². The van der Waals surface area contributed by atoms with Gasteiger partial charge in [0.1, 0.15) is 11.6 Å². The van der Waals surface area contributed by atoms with Crippen molar-refractivity contribution in [2.24, 2.45) is 7.05 Å². The highest BCUT2D eigenvalue weighted by Crippen LogP contribution is 2.39. The van der Waals surface area contributed by atoms with E-state index in [4.69, 9.17) is 15.6 Å². The Kier molecular flexibility index (Phi) is 5.71. The van der Waals surface area contributed by atoms with Gasteiger partial charge in [-0.3, -0.25) is 4.98 Å². The van der Waals surface area contributed by atoms with E-state index in [1.807, 2.05) is 36.7 Å². The monoisotopic (exact) mass is 425 g/mol. The lowest BCUT2D eigenvalue weighted by Gasteiger charge is -2.15. The fourth-order valence-corrected chi connectivity index (χ4v) is 4.27. The van der Waals surface area contributed by atoms with E-state index < -0.39 is 5.82 Å². The Morgan fingerprint density at radius 3 is 2.87 bits per heavy atom. The number of ether oxygens (including phenoxy) is 1. The fourth-order valence-electron chi connectivity index (χ4n) is 3.17. The van der Waals surface area contributed by atoms with E-state index in [0.717, 1.165) is 26.6 Å². The van der Waals surface area contributed by atoms with Crippen molar-refractivity contribution in [3.05, 3.63) is 54.2 Å². The van der Waals surface area contributed by atoms with Crippen molar-refractivity contribution in [1.29, 1.82) is 0 Å². The Morgan fingerprint density at radius 2 is 2.10 bits per heavy atom. The van der Waals surface area contributed by atoms with Crippen LogP contribution in [-0.4, -0.2) is 45.6 Å². The molecule has 0 spiro atoms. The Labute approximate surface area is 178 Å². The van der Waals surface area contributed by atoms with Gasteiger partial charge < -0.3 is 25.0 Å². The second-order valence-corrected chi connectivity index (χ2v) is 8.07. The maximum atomic E-state index is 14.2. The number of nitrogens with two attached hydrogens (primary N) is 1. The minimum absolute atomic E-state index is 0.109. The number of anilines is 1. The normalized spacial score (nSPS) is 11.5. The lowest BCUT2D eigenvalue weighted by molar-refractivity contribution is 0.254. The van der Waals surface area contributed by atoms with Crippen LogP contribution in [0.25, 0.3) is 20.9 Å². The van der Waals surface area contributed by atoms with Gasteiger partial charge in [-0.05, 0) is 18.2 Å². The topological polar surface area (TPSA) is 89.4 Å². The van der Waals surface area contributed by atoms with Crippen LogP contribution in [-0.2, 0) is 13.6 Å². The van der Waals surface area contributed by atoms with E-state index in [-0.39, 0.29) is 12.4 Å². The third kappa shape index (κ3) is 4.02. The number of hydrogen-bond acceptors (Lipinski definition) is 7. The second-order valence-electron chi connectivity index (χ2n) is 7.02. The van der Waals surface area contributed by atoms with E-state index in [9.17, 15) is 4.39 Å². The largest absolute Gasteiger partial charge is 0.453 e. The predicted molar refractivity (Wildman–Crippen MR) is 119 cm³/mol. The average Bonchev–Trinajstić information content (AvgIpc) is 3.28. The van der Waals surface area contributed by atoms with Crippen LogP contribution in [0.1, 0.15) is 5.69 Å². The quantitative estimate of drug-likeness (QED) is 0.350. The van der Waals surface area contributed by atoms with Gasteiger partial charge in [0.2, 0.25) is 0 Å². The molecule has 0 radical (unpaired) electrons. The van der Waals surface area contributed by atoms with Gasteiger partial charge in [0.15, 0.2) is 19.5 Å². The minimum atomic E-state index is -0.516. The number of benzene rings is 1. The summed E-state index contributed by atoms with van der Waals surface area (Å²) in [6.07, 6.45) is 3.47. The number of nitrogen functional groups attached to an aromatic ring is 1.